The van der Waals surface area contributed by atoms with Crippen LogP contribution < -0.4 is 4.72 Å². The van der Waals surface area contributed by atoms with E-state index in [2.05, 4.69) is 0 Å². The zero-order valence-electron chi connectivity index (χ0n) is 9.78. The average Bonchev–Trinajstić information content (AvgIpc) is 2.86. The van der Waals surface area contributed by atoms with Gasteiger partial charge in [0.1, 0.15) is 10.2 Å². The molecule has 1 fully saturated rings. The lowest BCUT2D eigenvalue weighted by molar-refractivity contribution is -0.120. The van der Waals surface area contributed by atoms with E-state index in [1.165, 1.54) is 12.1 Å². The van der Waals surface area contributed by atoms with E-state index < -0.39 is 32.0 Å². The topological polar surface area (TPSA) is 63.2 Å². The van der Waals surface area contributed by atoms with Crippen LogP contribution in [0.1, 0.15) is 12.0 Å². The first-order valence-corrected chi connectivity index (χ1v) is 7.57. The van der Waals surface area contributed by atoms with Gasteiger partial charge in [-0.05, 0) is 37.1 Å². The number of benzene rings is 1. The lowest BCUT2D eigenvalue weighted by Crippen LogP contribution is -2.33. The van der Waals surface area contributed by atoms with Crippen molar-refractivity contribution in [1.82, 2.24) is 4.72 Å². The van der Waals surface area contributed by atoms with Crippen LogP contribution in [0, 0.1) is 18.7 Å². The highest BCUT2D eigenvalue weighted by Gasteiger charge is 2.57. The fourth-order valence-corrected chi connectivity index (χ4v) is 3.26. The molecule has 0 aliphatic heterocycles. The van der Waals surface area contributed by atoms with Crippen LogP contribution in [-0.2, 0) is 14.8 Å². The molecule has 19 heavy (non-hydrogen) atoms. The van der Waals surface area contributed by atoms with Crippen LogP contribution in [0.15, 0.2) is 23.1 Å². The summed E-state index contributed by atoms with van der Waals surface area (Å²) in [5.74, 6) is -2.24. The Balaban J connectivity index is 2.21. The zero-order chi connectivity index (χ0) is 14.4. The lowest BCUT2D eigenvalue weighted by Gasteiger charge is -2.08. The third kappa shape index (κ3) is 3.19. The van der Waals surface area contributed by atoms with Gasteiger partial charge in [-0.15, -0.1) is 23.2 Å². The van der Waals surface area contributed by atoms with Gasteiger partial charge in [0, 0.05) is 0 Å². The van der Waals surface area contributed by atoms with Gasteiger partial charge in [-0.25, -0.2) is 17.5 Å². The molecule has 0 bridgehead atoms. The number of hydrogen-bond donors (Lipinski definition) is 1. The minimum absolute atomic E-state index is 0.194. The summed E-state index contributed by atoms with van der Waals surface area (Å²) < 4.78 is 37.6. The molecule has 1 amide bonds. The van der Waals surface area contributed by atoms with Crippen LogP contribution in [-0.4, -0.2) is 18.7 Å². The number of rotatable bonds is 3. The molecule has 0 heterocycles. The molecule has 1 aromatic rings. The summed E-state index contributed by atoms with van der Waals surface area (Å²) in [4.78, 5) is 11.3. The van der Waals surface area contributed by atoms with E-state index in [0.29, 0.717) is 5.56 Å². The first-order valence-electron chi connectivity index (χ1n) is 5.33. The van der Waals surface area contributed by atoms with Crippen molar-refractivity contribution in [1.29, 1.82) is 0 Å². The maximum Gasteiger partial charge on any atom is 0.264 e. The largest absolute Gasteiger partial charge is 0.274 e. The molecule has 2 rings (SSSR count). The highest BCUT2D eigenvalue weighted by Crippen LogP contribution is 2.53. The minimum Gasteiger partial charge on any atom is -0.274 e. The van der Waals surface area contributed by atoms with Gasteiger partial charge in [-0.1, -0.05) is 0 Å². The SMILES string of the molecule is Cc1cc(F)cc(S(=O)(=O)NC(=O)C2CC2(Cl)Cl)c1. The van der Waals surface area contributed by atoms with Crippen molar-refractivity contribution in [3.63, 3.8) is 0 Å². The van der Waals surface area contributed by atoms with E-state index in [-0.39, 0.29) is 11.3 Å². The molecule has 8 heteroatoms. The van der Waals surface area contributed by atoms with Gasteiger partial charge in [0.05, 0.1) is 10.8 Å². The van der Waals surface area contributed by atoms with Gasteiger partial charge in [0.25, 0.3) is 10.0 Å². The zero-order valence-corrected chi connectivity index (χ0v) is 12.1. The Morgan fingerprint density at radius 3 is 2.47 bits per heavy atom. The minimum atomic E-state index is -4.12. The van der Waals surface area contributed by atoms with Crippen LogP contribution >= 0.6 is 23.2 Å². The molecule has 4 nitrogen and oxygen atoms in total. The van der Waals surface area contributed by atoms with E-state index in [1.54, 1.807) is 6.92 Å². The van der Waals surface area contributed by atoms with Gasteiger partial charge < -0.3 is 0 Å². The van der Waals surface area contributed by atoms with E-state index in [9.17, 15) is 17.6 Å². The molecule has 1 saturated carbocycles. The molecular formula is C11H10Cl2FNO3S. The lowest BCUT2D eigenvalue weighted by atomic mass is 10.2. The fraction of sp³-hybridized carbons (Fsp3) is 0.364. The van der Waals surface area contributed by atoms with Crippen LogP contribution in [0.3, 0.4) is 0 Å². The second kappa shape index (κ2) is 4.61. The van der Waals surface area contributed by atoms with E-state index in [0.717, 1.165) is 6.07 Å². The monoisotopic (exact) mass is 325 g/mol. The number of carbonyl (C=O) groups is 1. The summed E-state index contributed by atoms with van der Waals surface area (Å²) >= 11 is 11.4. The Bertz CT molecular complexity index is 625. The average molecular weight is 326 g/mol. The summed E-state index contributed by atoms with van der Waals surface area (Å²) in [5, 5.41) is 0. The van der Waals surface area contributed by atoms with Gasteiger partial charge in [0.2, 0.25) is 5.91 Å². The van der Waals surface area contributed by atoms with Crippen molar-refractivity contribution in [2.75, 3.05) is 0 Å². The molecule has 1 unspecified atom stereocenters. The molecule has 1 aromatic carbocycles. The Hall–Kier alpha value is -0.850. The molecule has 0 saturated heterocycles. The van der Waals surface area contributed by atoms with Crippen molar-refractivity contribution in [2.24, 2.45) is 5.92 Å². The highest BCUT2D eigenvalue weighted by atomic mass is 35.5. The van der Waals surface area contributed by atoms with E-state index in [1.807, 2.05) is 4.72 Å². The summed E-state index contributed by atoms with van der Waals surface area (Å²) in [6, 6.07) is 3.29. The Kier molecular flexibility index (Phi) is 3.53. The number of amides is 1. The molecule has 1 N–H and O–H groups in total. The number of alkyl halides is 2. The molecule has 0 aromatic heterocycles. The molecule has 1 aliphatic carbocycles. The molecule has 1 atom stereocenters. The van der Waals surface area contributed by atoms with Gasteiger partial charge in [-0.2, -0.15) is 0 Å². The first kappa shape index (κ1) is 14.6. The second-order valence-electron chi connectivity index (χ2n) is 4.45. The van der Waals surface area contributed by atoms with Crippen LogP contribution in [0.2, 0.25) is 0 Å². The third-order valence-corrected chi connectivity index (χ3v) is 4.86. The second-order valence-corrected chi connectivity index (χ2v) is 7.68. The molecular weight excluding hydrogens is 316 g/mol. The van der Waals surface area contributed by atoms with Crippen molar-refractivity contribution < 1.29 is 17.6 Å². The van der Waals surface area contributed by atoms with Crippen LogP contribution in [0.4, 0.5) is 4.39 Å². The summed E-state index contributed by atoms with van der Waals surface area (Å²) in [5.41, 5.74) is 0.434. The van der Waals surface area contributed by atoms with Crippen LogP contribution in [0.5, 0.6) is 0 Å². The van der Waals surface area contributed by atoms with Crippen molar-refractivity contribution >= 4 is 39.1 Å². The maximum atomic E-state index is 13.2. The normalized spacial score (nSPS) is 20.9. The number of carbonyl (C=O) groups excluding carboxylic acids is 1. The Labute approximate surface area is 119 Å². The van der Waals surface area contributed by atoms with Gasteiger partial charge in [0.15, 0.2) is 0 Å². The predicted molar refractivity (Wildman–Crippen MR) is 69.0 cm³/mol. The Morgan fingerprint density at radius 1 is 1.42 bits per heavy atom. The fourth-order valence-electron chi connectivity index (χ4n) is 1.62. The third-order valence-electron chi connectivity index (χ3n) is 2.70. The number of hydrogen-bond acceptors (Lipinski definition) is 3. The molecule has 0 radical (unpaired) electrons. The van der Waals surface area contributed by atoms with E-state index >= 15 is 0 Å². The number of nitrogens with one attached hydrogen (secondary N) is 1. The number of sulfonamides is 1. The van der Waals surface area contributed by atoms with E-state index in [4.69, 9.17) is 23.2 Å². The number of aryl methyl sites for hydroxylation is 1. The van der Waals surface area contributed by atoms with Crippen molar-refractivity contribution in [3.05, 3.63) is 29.6 Å². The Morgan fingerprint density at radius 2 is 2.00 bits per heavy atom. The van der Waals surface area contributed by atoms with Gasteiger partial charge >= 0.3 is 0 Å². The quantitative estimate of drug-likeness (QED) is 0.866. The van der Waals surface area contributed by atoms with Gasteiger partial charge in [-0.3, -0.25) is 4.79 Å². The molecule has 1 aliphatic rings. The van der Waals surface area contributed by atoms with Crippen LogP contribution in [0.25, 0.3) is 0 Å². The summed E-state index contributed by atoms with van der Waals surface area (Å²) in [7, 11) is -4.12. The summed E-state index contributed by atoms with van der Waals surface area (Å²) in [6.45, 7) is 1.55. The predicted octanol–water partition coefficient (Wildman–Crippen LogP) is 2.13. The first-order chi connectivity index (χ1) is 8.62. The van der Waals surface area contributed by atoms with Crippen molar-refractivity contribution in [2.45, 2.75) is 22.6 Å². The maximum absolute atomic E-state index is 13.2. The van der Waals surface area contributed by atoms with Crippen molar-refractivity contribution in [3.8, 4) is 0 Å². The molecule has 0 spiro atoms. The number of halogens is 3. The standard InChI is InChI=1S/C11H10Cl2FNO3S/c1-6-2-7(14)4-8(3-6)19(17,18)15-10(16)9-5-11(9,12)13/h2-4,9H,5H2,1H3,(H,15,16). The smallest absolute Gasteiger partial charge is 0.264 e. The summed E-state index contributed by atoms with van der Waals surface area (Å²) in [6.07, 6.45) is 0.194. The highest BCUT2D eigenvalue weighted by molar-refractivity contribution is 7.90. The molecule has 104 valence electrons.